The van der Waals surface area contributed by atoms with E-state index in [0.29, 0.717) is 11.3 Å². The molecule has 0 amide bonds. The van der Waals surface area contributed by atoms with E-state index in [-0.39, 0.29) is 17.1 Å². The summed E-state index contributed by atoms with van der Waals surface area (Å²) in [4.78, 5) is 11.6. The van der Waals surface area contributed by atoms with Gasteiger partial charge >= 0.3 is 5.97 Å². The van der Waals surface area contributed by atoms with Crippen LogP contribution in [-0.2, 0) is 11.3 Å². The first kappa shape index (κ1) is 15.3. The maximum atomic E-state index is 13.8. The fourth-order valence-corrected chi connectivity index (χ4v) is 2.02. The quantitative estimate of drug-likeness (QED) is 0.867. The molecule has 0 saturated heterocycles. The van der Waals surface area contributed by atoms with Gasteiger partial charge in [0.25, 0.3) is 0 Å². The van der Waals surface area contributed by atoms with Crippen molar-refractivity contribution in [3.8, 4) is 0 Å². The predicted octanol–water partition coefficient (Wildman–Crippen LogP) is 4.02. The summed E-state index contributed by atoms with van der Waals surface area (Å²) < 4.78 is 31.6. The summed E-state index contributed by atoms with van der Waals surface area (Å²) in [5, 5.41) is 2.89. The van der Waals surface area contributed by atoms with Crippen LogP contribution in [0.15, 0.2) is 36.4 Å². The molecular formula is C15H12ClF2NO2. The molecule has 0 aliphatic heterocycles. The Morgan fingerprint density at radius 2 is 2.05 bits per heavy atom. The van der Waals surface area contributed by atoms with E-state index in [0.717, 1.165) is 6.07 Å². The molecule has 21 heavy (non-hydrogen) atoms. The second-order valence-electron chi connectivity index (χ2n) is 4.25. The van der Waals surface area contributed by atoms with Crippen molar-refractivity contribution in [1.29, 1.82) is 0 Å². The zero-order chi connectivity index (χ0) is 15.4. The number of hydrogen-bond acceptors (Lipinski definition) is 3. The van der Waals surface area contributed by atoms with Crippen molar-refractivity contribution in [3.05, 3.63) is 64.2 Å². The van der Waals surface area contributed by atoms with Crippen molar-refractivity contribution in [2.45, 2.75) is 6.54 Å². The second kappa shape index (κ2) is 6.54. The first-order valence-corrected chi connectivity index (χ1v) is 6.45. The summed E-state index contributed by atoms with van der Waals surface area (Å²) in [5.74, 6) is -1.77. The Balaban J connectivity index is 2.24. The maximum Gasteiger partial charge on any atom is 0.340 e. The Kier molecular flexibility index (Phi) is 4.75. The highest BCUT2D eigenvalue weighted by atomic mass is 35.5. The third kappa shape index (κ3) is 3.49. The van der Waals surface area contributed by atoms with E-state index < -0.39 is 17.6 Å². The van der Waals surface area contributed by atoms with Gasteiger partial charge in [-0.05, 0) is 24.3 Å². The lowest BCUT2D eigenvalue weighted by atomic mass is 10.1. The lowest BCUT2D eigenvalue weighted by Gasteiger charge is -2.12. The van der Waals surface area contributed by atoms with Crippen LogP contribution in [0.4, 0.5) is 14.5 Å². The number of ether oxygens (including phenoxy) is 1. The summed E-state index contributed by atoms with van der Waals surface area (Å²) in [6.07, 6.45) is 0. The van der Waals surface area contributed by atoms with Crippen LogP contribution in [0.3, 0.4) is 0 Å². The lowest BCUT2D eigenvalue weighted by Crippen LogP contribution is -2.09. The van der Waals surface area contributed by atoms with Crippen molar-refractivity contribution in [3.63, 3.8) is 0 Å². The molecule has 3 nitrogen and oxygen atoms in total. The highest BCUT2D eigenvalue weighted by molar-refractivity contribution is 6.30. The topological polar surface area (TPSA) is 38.3 Å². The van der Waals surface area contributed by atoms with Crippen LogP contribution in [-0.4, -0.2) is 13.1 Å². The molecule has 0 bridgehead atoms. The van der Waals surface area contributed by atoms with Gasteiger partial charge in [0.05, 0.1) is 17.7 Å². The van der Waals surface area contributed by atoms with E-state index >= 15 is 0 Å². The molecule has 0 heterocycles. The third-order valence-corrected chi connectivity index (χ3v) is 3.18. The molecular weight excluding hydrogens is 300 g/mol. The standard InChI is InChI=1S/C15H12ClF2NO2/c1-21-15(20)11-7-10(17)5-6-13(11)19-8-9-3-2-4-12(16)14(9)18/h2-7,19H,8H2,1H3. The number of carbonyl (C=O) groups excluding carboxylic acids is 1. The molecule has 0 saturated carbocycles. The largest absolute Gasteiger partial charge is 0.465 e. The predicted molar refractivity (Wildman–Crippen MR) is 76.5 cm³/mol. The summed E-state index contributed by atoms with van der Waals surface area (Å²) in [6.45, 7) is 0.0992. The van der Waals surface area contributed by atoms with Crippen molar-refractivity contribution in [2.24, 2.45) is 0 Å². The van der Waals surface area contributed by atoms with Crippen LogP contribution in [0, 0.1) is 11.6 Å². The molecule has 0 aliphatic carbocycles. The molecule has 0 aliphatic rings. The Bertz CT molecular complexity index is 677. The summed E-state index contributed by atoms with van der Waals surface area (Å²) >= 11 is 5.69. The molecule has 110 valence electrons. The summed E-state index contributed by atoms with van der Waals surface area (Å²) in [6, 6.07) is 8.28. The normalized spacial score (nSPS) is 10.3. The number of nitrogens with one attached hydrogen (secondary N) is 1. The average Bonchev–Trinajstić information content (AvgIpc) is 2.49. The average molecular weight is 312 g/mol. The Morgan fingerprint density at radius 1 is 1.29 bits per heavy atom. The minimum absolute atomic E-state index is 0.0154. The number of rotatable bonds is 4. The molecule has 2 aromatic carbocycles. The second-order valence-corrected chi connectivity index (χ2v) is 4.66. The molecule has 0 radical (unpaired) electrons. The molecule has 2 rings (SSSR count). The van der Waals surface area contributed by atoms with Crippen LogP contribution in [0.25, 0.3) is 0 Å². The monoisotopic (exact) mass is 311 g/mol. The van der Waals surface area contributed by atoms with Crippen LogP contribution in [0.1, 0.15) is 15.9 Å². The van der Waals surface area contributed by atoms with Gasteiger partial charge in [-0.25, -0.2) is 13.6 Å². The first-order valence-electron chi connectivity index (χ1n) is 6.07. The molecule has 6 heteroatoms. The SMILES string of the molecule is COC(=O)c1cc(F)ccc1NCc1cccc(Cl)c1F. The number of anilines is 1. The number of benzene rings is 2. The lowest BCUT2D eigenvalue weighted by molar-refractivity contribution is 0.0601. The molecule has 0 unspecified atom stereocenters. The molecule has 0 aromatic heterocycles. The summed E-state index contributed by atoms with van der Waals surface area (Å²) in [7, 11) is 1.20. The van der Waals surface area contributed by atoms with Gasteiger partial charge in [-0.1, -0.05) is 23.7 Å². The Morgan fingerprint density at radius 3 is 2.76 bits per heavy atom. The fraction of sp³-hybridized carbons (Fsp3) is 0.133. The first-order chi connectivity index (χ1) is 10.0. The van der Waals surface area contributed by atoms with E-state index in [1.54, 1.807) is 12.1 Å². The minimum Gasteiger partial charge on any atom is -0.465 e. The Labute approximate surface area is 125 Å². The van der Waals surface area contributed by atoms with Gasteiger partial charge < -0.3 is 10.1 Å². The maximum absolute atomic E-state index is 13.8. The zero-order valence-electron chi connectivity index (χ0n) is 11.1. The third-order valence-electron chi connectivity index (χ3n) is 2.89. The fourth-order valence-electron chi connectivity index (χ4n) is 1.82. The van der Waals surface area contributed by atoms with E-state index in [1.807, 2.05) is 0 Å². The number of methoxy groups -OCH3 is 1. The van der Waals surface area contributed by atoms with Crippen LogP contribution >= 0.6 is 11.6 Å². The number of carbonyl (C=O) groups is 1. The number of hydrogen-bond donors (Lipinski definition) is 1. The van der Waals surface area contributed by atoms with Gasteiger partial charge in [-0.3, -0.25) is 0 Å². The van der Waals surface area contributed by atoms with E-state index in [1.165, 1.54) is 25.3 Å². The molecule has 0 atom stereocenters. The van der Waals surface area contributed by atoms with Crippen molar-refractivity contribution in [1.82, 2.24) is 0 Å². The van der Waals surface area contributed by atoms with Gasteiger partial charge in [-0.2, -0.15) is 0 Å². The van der Waals surface area contributed by atoms with Crippen molar-refractivity contribution < 1.29 is 18.3 Å². The van der Waals surface area contributed by atoms with Crippen molar-refractivity contribution in [2.75, 3.05) is 12.4 Å². The van der Waals surface area contributed by atoms with E-state index in [2.05, 4.69) is 10.1 Å². The molecule has 1 N–H and O–H groups in total. The highest BCUT2D eigenvalue weighted by Crippen LogP contribution is 2.22. The number of halogens is 3. The Hall–Kier alpha value is -2.14. The molecule has 0 spiro atoms. The smallest absolute Gasteiger partial charge is 0.340 e. The highest BCUT2D eigenvalue weighted by Gasteiger charge is 2.14. The van der Waals surface area contributed by atoms with Gasteiger partial charge in [0, 0.05) is 17.8 Å². The van der Waals surface area contributed by atoms with Crippen LogP contribution in [0.5, 0.6) is 0 Å². The number of esters is 1. The summed E-state index contributed by atoms with van der Waals surface area (Å²) in [5.41, 5.74) is 0.727. The van der Waals surface area contributed by atoms with E-state index in [4.69, 9.17) is 11.6 Å². The molecule has 0 fully saturated rings. The minimum atomic E-state index is -0.677. The van der Waals surface area contributed by atoms with E-state index in [9.17, 15) is 13.6 Å². The van der Waals surface area contributed by atoms with Crippen molar-refractivity contribution >= 4 is 23.3 Å². The molecule has 2 aromatic rings. The van der Waals surface area contributed by atoms with Crippen LogP contribution < -0.4 is 5.32 Å². The van der Waals surface area contributed by atoms with Crippen LogP contribution in [0.2, 0.25) is 5.02 Å². The van der Waals surface area contributed by atoms with Gasteiger partial charge in [0.15, 0.2) is 0 Å². The zero-order valence-corrected chi connectivity index (χ0v) is 11.9. The van der Waals surface area contributed by atoms with Gasteiger partial charge in [0.2, 0.25) is 0 Å². The van der Waals surface area contributed by atoms with Gasteiger partial charge in [-0.15, -0.1) is 0 Å². The van der Waals surface area contributed by atoms with Gasteiger partial charge in [0.1, 0.15) is 11.6 Å².